The van der Waals surface area contributed by atoms with Crippen LogP contribution in [0.5, 0.6) is 5.75 Å². The number of nitrogen functional groups attached to an aromatic ring is 3. The van der Waals surface area contributed by atoms with Crippen molar-refractivity contribution in [1.82, 2.24) is 4.98 Å². The number of pyridine rings is 1. The molecule has 2 rings (SSSR count). The lowest BCUT2D eigenvalue weighted by molar-refractivity contribution is 0.308. The van der Waals surface area contributed by atoms with Gasteiger partial charge in [0.05, 0.1) is 0 Å². The van der Waals surface area contributed by atoms with Crippen molar-refractivity contribution in [3.05, 3.63) is 40.9 Å². The molecule has 0 aliphatic rings. The number of benzene rings is 1. The van der Waals surface area contributed by atoms with E-state index in [4.69, 9.17) is 33.6 Å². The lowest BCUT2D eigenvalue weighted by Gasteiger charge is -2.12. The Hall–Kier alpha value is -2.18. The number of halogens is 1. The summed E-state index contributed by atoms with van der Waals surface area (Å²) < 4.78 is 5.60. The predicted molar refractivity (Wildman–Crippen MR) is 76.7 cm³/mol. The highest BCUT2D eigenvalue weighted by molar-refractivity contribution is 6.30. The van der Waals surface area contributed by atoms with Gasteiger partial charge in [0.1, 0.15) is 23.9 Å². The number of hydrogen-bond acceptors (Lipinski definition) is 6. The predicted octanol–water partition coefficient (Wildman–Crippen LogP) is 1.76. The zero-order valence-electron chi connectivity index (χ0n) is 10.1. The lowest BCUT2D eigenvalue weighted by Crippen LogP contribution is -2.13. The van der Waals surface area contributed by atoms with Crippen molar-refractivity contribution in [2.75, 3.05) is 16.9 Å². The summed E-state index contributed by atoms with van der Waals surface area (Å²) in [6.45, 7) is 0.318. The SMILES string of the molecule is NNc1nc(N)cc(OCc2cccc(Cl)c2)c1N. The van der Waals surface area contributed by atoms with Gasteiger partial charge in [-0.15, -0.1) is 0 Å². The second-order valence-corrected chi connectivity index (χ2v) is 4.31. The van der Waals surface area contributed by atoms with Gasteiger partial charge >= 0.3 is 0 Å². The second kappa shape index (κ2) is 5.64. The second-order valence-electron chi connectivity index (χ2n) is 3.87. The number of nitrogens with two attached hydrogens (primary N) is 3. The monoisotopic (exact) mass is 279 g/mol. The summed E-state index contributed by atoms with van der Waals surface area (Å²) in [6, 6.07) is 8.89. The Balaban J connectivity index is 2.17. The van der Waals surface area contributed by atoms with Gasteiger partial charge in [-0.25, -0.2) is 10.8 Å². The number of anilines is 3. The Bertz CT molecular complexity index is 590. The molecular formula is C12H14ClN5O. The van der Waals surface area contributed by atoms with Crippen LogP contribution in [0.15, 0.2) is 30.3 Å². The number of rotatable bonds is 4. The van der Waals surface area contributed by atoms with Crippen molar-refractivity contribution in [2.45, 2.75) is 6.61 Å². The fourth-order valence-corrected chi connectivity index (χ4v) is 1.78. The van der Waals surface area contributed by atoms with Crippen LogP contribution in [0.4, 0.5) is 17.3 Å². The Kier molecular flexibility index (Phi) is 3.94. The summed E-state index contributed by atoms with van der Waals surface area (Å²) in [7, 11) is 0. The number of ether oxygens (including phenoxy) is 1. The van der Waals surface area contributed by atoms with Gasteiger partial charge in [0.15, 0.2) is 5.82 Å². The van der Waals surface area contributed by atoms with Gasteiger partial charge in [0.2, 0.25) is 0 Å². The quantitative estimate of drug-likeness (QED) is 0.501. The molecule has 0 unspecified atom stereocenters. The molecule has 1 aromatic carbocycles. The average molecular weight is 280 g/mol. The van der Waals surface area contributed by atoms with E-state index in [1.165, 1.54) is 0 Å². The van der Waals surface area contributed by atoms with Crippen LogP contribution in [-0.4, -0.2) is 4.98 Å². The van der Waals surface area contributed by atoms with Crippen molar-refractivity contribution in [1.29, 1.82) is 0 Å². The Labute approximate surface area is 115 Å². The maximum absolute atomic E-state index is 5.89. The molecule has 1 aromatic heterocycles. The highest BCUT2D eigenvalue weighted by atomic mass is 35.5. The highest BCUT2D eigenvalue weighted by Gasteiger charge is 2.09. The molecule has 0 fully saturated rings. The largest absolute Gasteiger partial charge is 0.486 e. The Morgan fingerprint density at radius 3 is 2.74 bits per heavy atom. The average Bonchev–Trinajstić information content (AvgIpc) is 2.39. The summed E-state index contributed by atoms with van der Waals surface area (Å²) in [6.07, 6.45) is 0. The van der Waals surface area contributed by atoms with Gasteiger partial charge in [0, 0.05) is 11.1 Å². The molecule has 100 valence electrons. The van der Waals surface area contributed by atoms with Crippen LogP contribution < -0.4 is 27.5 Å². The van der Waals surface area contributed by atoms with E-state index in [1.54, 1.807) is 12.1 Å². The van der Waals surface area contributed by atoms with Crippen molar-refractivity contribution >= 4 is 28.9 Å². The van der Waals surface area contributed by atoms with Crippen LogP contribution in [0.3, 0.4) is 0 Å². The normalized spacial score (nSPS) is 10.2. The molecule has 2 aromatic rings. The molecule has 6 nitrogen and oxygen atoms in total. The smallest absolute Gasteiger partial charge is 0.169 e. The van der Waals surface area contributed by atoms with Gasteiger partial charge in [-0.2, -0.15) is 0 Å². The lowest BCUT2D eigenvalue weighted by atomic mass is 10.2. The summed E-state index contributed by atoms with van der Waals surface area (Å²) >= 11 is 5.89. The molecule has 0 bridgehead atoms. The van der Waals surface area contributed by atoms with Crippen LogP contribution in [0.1, 0.15) is 5.56 Å². The van der Waals surface area contributed by atoms with Gasteiger partial charge < -0.3 is 21.6 Å². The molecule has 0 atom stereocenters. The molecule has 0 amide bonds. The number of nitrogens with zero attached hydrogens (tertiary/aromatic N) is 1. The third-order valence-corrected chi connectivity index (χ3v) is 2.70. The molecule has 0 radical (unpaired) electrons. The van der Waals surface area contributed by atoms with Crippen molar-refractivity contribution in [3.8, 4) is 5.75 Å². The van der Waals surface area contributed by atoms with Crippen LogP contribution in [-0.2, 0) is 6.61 Å². The summed E-state index contributed by atoms with van der Waals surface area (Å²) in [4.78, 5) is 3.94. The van der Waals surface area contributed by atoms with Crippen molar-refractivity contribution < 1.29 is 4.74 Å². The molecule has 0 spiro atoms. The van der Waals surface area contributed by atoms with Crippen LogP contribution >= 0.6 is 11.6 Å². The highest BCUT2D eigenvalue weighted by Crippen LogP contribution is 2.30. The zero-order valence-corrected chi connectivity index (χ0v) is 10.8. The summed E-state index contributed by atoms with van der Waals surface area (Å²) in [5, 5.41) is 0.646. The molecule has 0 saturated heterocycles. The third-order valence-electron chi connectivity index (χ3n) is 2.46. The minimum atomic E-state index is 0.267. The van der Waals surface area contributed by atoms with Crippen molar-refractivity contribution in [3.63, 3.8) is 0 Å². The third kappa shape index (κ3) is 3.18. The fraction of sp³-hybridized carbons (Fsp3) is 0.0833. The van der Waals surface area contributed by atoms with E-state index in [9.17, 15) is 0 Å². The zero-order chi connectivity index (χ0) is 13.8. The molecule has 0 aliphatic carbocycles. The van der Waals surface area contributed by atoms with E-state index in [0.29, 0.717) is 23.1 Å². The van der Waals surface area contributed by atoms with E-state index in [-0.39, 0.29) is 11.6 Å². The molecule has 19 heavy (non-hydrogen) atoms. The summed E-state index contributed by atoms with van der Waals surface area (Å²) in [5.74, 6) is 6.26. The first kappa shape index (κ1) is 13.3. The standard InChI is InChI=1S/C12H14ClN5O/c13-8-3-1-2-7(4-8)6-19-9-5-10(14)17-12(18-16)11(9)15/h1-5H,6,15-16H2,(H3,14,17,18). The van der Waals surface area contributed by atoms with Crippen LogP contribution in [0.2, 0.25) is 5.02 Å². The van der Waals surface area contributed by atoms with Crippen LogP contribution in [0, 0.1) is 0 Å². The first-order valence-corrected chi connectivity index (χ1v) is 5.88. The number of hydrogen-bond donors (Lipinski definition) is 4. The minimum absolute atomic E-state index is 0.267. The first-order chi connectivity index (χ1) is 9.10. The first-order valence-electron chi connectivity index (χ1n) is 5.50. The van der Waals surface area contributed by atoms with Crippen molar-refractivity contribution in [2.24, 2.45) is 5.84 Å². The number of aromatic nitrogens is 1. The molecule has 0 aliphatic heterocycles. The van der Waals surface area contributed by atoms with E-state index in [1.807, 2.05) is 18.2 Å². The van der Waals surface area contributed by atoms with Crippen LogP contribution in [0.25, 0.3) is 0 Å². The molecule has 1 heterocycles. The number of nitrogens with one attached hydrogen (secondary N) is 1. The maximum atomic E-state index is 5.89. The Morgan fingerprint density at radius 2 is 2.05 bits per heavy atom. The number of hydrazine groups is 1. The van der Waals surface area contributed by atoms with Gasteiger partial charge in [0.25, 0.3) is 0 Å². The van der Waals surface area contributed by atoms with E-state index in [0.717, 1.165) is 5.56 Å². The topological polar surface area (TPSA) is 112 Å². The van der Waals surface area contributed by atoms with E-state index < -0.39 is 0 Å². The minimum Gasteiger partial charge on any atom is -0.486 e. The van der Waals surface area contributed by atoms with Gasteiger partial charge in [-0.3, -0.25) is 0 Å². The fourth-order valence-electron chi connectivity index (χ4n) is 1.57. The molecule has 7 N–H and O–H groups in total. The van der Waals surface area contributed by atoms with E-state index in [2.05, 4.69) is 10.4 Å². The molecular weight excluding hydrogens is 266 g/mol. The molecule has 7 heteroatoms. The maximum Gasteiger partial charge on any atom is 0.169 e. The van der Waals surface area contributed by atoms with E-state index >= 15 is 0 Å². The summed E-state index contributed by atoms with van der Waals surface area (Å²) in [5.41, 5.74) is 15.1. The van der Waals surface area contributed by atoms with Gasteiger partial charge in [-0.1, -0.05) is 23.7 Å². The Morgan fingerprint density at radius 1 is 1.26 bits per heavy atom. The van der Waals surface area contributed by atoms with Gasteiger partial charge in [-0.05, 0) is 17.7 Å². The molecule has 0 saturated carbocycles.